The van der Waals surface area contributed by atoms with E-state index in [0.29, 0.717) is 5.52 Å². The number of fused-ring (bicyclic) bond motifs is 1. The summed E-state index contributed by atoms with van der Waals surface area (Å²) in [5.74, 6) is -1.88. The molecule has 0 saturated carbocycles. The first kappa shape index (κ1) is 24.2. The Morgan fingerprint density at radius 3 is 2.29 bits per heavy atom. The van der Waals surface area contributed by atoms with Crippen LogP contribution in [0.4, 0.5) is 26.3 Å². The zero-order valence-electron chi connectivity index (χ0n) is 17.7. The molecule has 2 heterocycles. The Morgan fingerprint density at radius 1 is 0.914 bits per heavy atom. The summed E-state index contributed by atoms with van der Waals surface area (Å²) in [5.41, 5.74) is -2.28. The summed E-state index contributed by atoms with van der Waals surface area (Å²) in [7, 11) is 0. The van der Waals surface area contributed by atoms with Crippen LogP contribution in [0.25, 0.3) is 10.9 Å². The van der Waals surface area contributed by atoms with Crippen LogP contribution in [0, 0.1) is 0 Å². The number of alkyl halides is 6. The summed E-state index contributed by atoms with van der Waals surface area (Å²) in [6, 6.07) is 11.0. The number of nitrogens with zero attached hydrogens (tertiary/aromatic N) is 1. The van der Waals surface area contributed by atoms with Gasteiger partial charge in [0.05, 0.1) is 16.8 Å². The van der Waals surface area contributed by atoms with Crippen LogP contribution in [0.15, 0.2) is 77.9 Å². The second-order valence-electron chi connectivity index (χ2n) is 7.84. The molecule has 4 rings (SSSR count). The normalized spacial score (nSPS) is 13.1. The molecule has 0 unspecified atom stereocenters. The minimum atomic E-state index is -4.80. The Morgan fingerprint density at radius 2 is 1.63 bits per heavy atom. The number of pyridine rings is 2. The monoisotopic (exact) mass is 490 g/mol. The van der Waals surface area contributed by atoms with E-state index in [1.165, 1.54) is 30.5 Å². The summed E-state index contributed by atoms with van der Waals surface area (Å²) < 4.78 is 80.2. The molecule has 0 fully saturated rings. The van der Waals surface area contributed by atoms with Crippen molar-refractivity contribution in [1.82, 2.24) is 9.97 Å². The van der Waals surface area contributed by atoms with E-state index in [2.05, 4.69) is 9.97 Å². The van der Waals surface area contributed by atoms with E-state index in [0.717, 1.165) is 42.6 Å². The van der Waals surface area contributed by atoms with Gasteiger partial charge in [-0.3, -0.25) is 14.6 Å². The SMILES string of the molecule is O=C(C[C@@H](c1ccc(C(F)(F)F)cc1)c1ncccc1C(F)(F)F)c1ccc2[nH]ccc(=O)c2c1. The molecule has 4 nitrogen and oxygen atoms in total. The third-order valence-corrected chi connectivity index (χ3v) is 5.58. The van der Waals surface area contributed by atoms with Crippen LogP contribution in [-0.4, -0.2) is 15.8 Å². The first-order chi connectivity index (χ1) is 16.4. The molecule has 0 spiro atoms. The standard InChI is InChI=1S/C25H16F6N2O2/c26-24(27,28)16-6-3-14(4-7-16)17(23-19(25(29,30)31)2-1-10-33-23)13-22(35)15-5-8-20-18(12-15)21(34)9-11-32-20/h1-12,17H,13H2,(H,32,34)/t17-/m0/s1. The number of rotatable bonds is 5. The Balaban J connectivity index is 1.79. The molecule has 2 aromatic carbocycles. The van der Waals surface area contributed by atoms with Gasteiger partial charge in [-0.05, 0) is 48.0 Å². The van der Waals surface area contributed by atoms with Crippen molar-refractivity contribution in [1.29, 1.82) is 0 Å². The lowest BCUT2D eigenvalue weighted by Crippen LogP contribution is -2.17. The number of nitrogens with one attached hydrogen (secondary N) is 1. The fourth-order valence-corrected chi connectivity index (χ4v) is 3.86. The number of hydrogen-bond acceptors (Lipinski definition) is 3. The van der Waals surface area contributed by atoms with Gasteiger partial charge >= 0.3 is 12.4 Å². The molecule has 0 bridgehead atoms. The molecule has 35 heavy (non-hydrogen) atoms. The Kier molecular flexibility index (Phi) is 6.23. The van der Waals surface area contributed by atoms with E-state index in [1.54, 1.807) is 0 Å². The lowest BCUT2D eigenvalue weighted by Gasteiger charge is -2.21. The summed E-state index contributed by atoms with van der Waals surface area (Å²) in [6.45, 7) is 0. The zero-order valence-corrected chi connectivity index (χ0v) is 17.7. The fourth-order valence-electron chi connectivity index (χ4n) is 3.86. The lowest BCUT2D eigenvalue weighted by molar-refractivity contribution is -0.139. The fraction of sp³-hybridized carbons (Fsp3) is 0.160. The minimum absolute atomic E-state index is 0.0641. The Labute approximate surface area is 194 Å². The van der Waals surface area contributed by atoms with Crippen LogP contribution in [0.1, 0.15) is 45.1 Å². The number of aromatic nitrogens is 2. The van der Waals surface area contributed by atoms with Crippen molar-refractivity contribution in [3.05, 3.63) is 111 Å². The van der Waals surface area contributed by atoms with Crippen LogP contribution in [0.5, 0.6) is 0 Å². The summed E-state index contributed by atoms with van der Waals surface area (Å²) in [4.78, 5) is 32.0. The number of ketones is 1. The second-order valence-corrected chi connectivity index (χ2v) is 7.84. The highest BCUT2D eigenvalue weighted by Gasteiger charge is 2.37. The second kappa shape index (κ2) is 9.01. The molecule has 10 heteroatoms. The number of benzene rings is 2. The van der Waals surface area contributed by atoms with E-state index >= 15 is 0 Å². The molecule has 0 amide bonds. The van der Waals surface area contributed by atoms with Crippen LogP contribution in [0.3, 0.4) is 0 Å². The number of H-pyrrole nitrogens is 1. The predicted molar refractivity (Wildman–Crippen MR) is 116 cm³/mol. The van der Waals surface area contributed by atoms with E-state index in [9.17, 15) is 35.9 Å². The first-order valence-corrected chi connectivity index (χ1v) is 10.3. The van der Waals surface area contributed by atoms with Gasteiger partial charge in [-0.1, -0.05) is 12.1 Å². The molecule has 0 aliphatic rings. The highest BCUT2D eigenvalue weighted by atomic mass is 19.4. The Bertz CT molecular complexity index is 1440. The van der Waals surface area contributed by atoms with Crippen molar-refractivity contribution in [2.45, 2.75) is 24.7 Å². The number of Topliss-reactive ketones (excluding diaryl/α,β-unsaturated/α-hetero) is 1. The van der Waals surface area contributed by atoms with E-state index in [1.807, 2.05) is 0 Å². The third-order valence-electron chi connectivity index (χ3n) is 5.58. The van der Waals surface area contributed by atoms with Gasteiger partial charge in [-0.2, -0.15) is 26.3 Å². The zero-order chi connectivity index (χ0) is 25.4. The molecule has 0 saturated heterocycles. The summed E-state index contributed by atoms with van der Waals surface area (Å²) >= 11 is 0. The van der Waals surface area contributed by atoms with Crippen molar-refractivity contribution in [3.8, 4) is 0 Å². The van der Waals surface area contributed by atoms with Crippen molar-refractivity contribution < 1.29 is 31.1 Å². The summed E-state index contributed by atoms with van der Waals surface area (Å²) in [6.07, 6.45) is -7.38. The van der Waals surface area contributed by atoms with Crippen molar-refractivity contribution in [2.75, 3.05) is 0 Å². The van der Waals surface area contributed by atoms with Crippen molar-refractivity contribution in [2.24, 2.45) is 0 Å². The molecule has 4 aromatic rings. The maximum Gasteiger partial charge on any atom is 0.418 e. The van der Waals surface area contributed by atoms with Gasteiger partial charge in [0.2, 0.25) is 0 Å². The first-order valence-electron chi connectivity index (χ1n) is 10.3. The molecule has 2 aromatic heterocycles. The third kappa shape index (κ3) is 5.11. The van der Waals surface area contributed by atoms with Gasteiger partial charge in [0.25, 0.3) is 0 Å². The van der Waals surface area contributed by atoms with Gasteiger partial charge in [0, 0.05) is 47.3 Å². The molecular weight excluding hydrogens is 474 g/mol. The highest BCUT2D eigenvalue weighted by Crippen LogP contribution is 2.39. The number of hydrogen-bond donors (Lipinski definition) is 1. The van der Waals surface area contributed by atoms with E-state index < -0.39 is 47.3 Å². The average Bonchev–Trinajstić information content (AvgIpc) is 2.81. The molecular formula is C25H16F6N2O2. The minimum Gasteiger partial charge on any atom is -0.361 e. The van der Waals surface area contributed by atoms with Crippen LogP contribution >= 0.6 is 0 Å². The number of halogens is 6. The molecule has 1 N–H and O–H groups in total. The molecule has 1 atom stereocenters. The van der Waals surface area contributed by atoms with Crippen LogP contribution in [0.2, 0.25) is 0 Å². The number of carbonyl (C=O) groups is 1. The van der Waals surface area contributed by atoms with Crippen LogP contribution in [-0.2, 0) is 12.4 Å². The van der Waals surface area contributed by atoms with Crippen molar-refractivity contribution in [3.63, 3.8) is 0 Å². The predicted octanol–water partition coefficient (Wildman–Crippen LogP) is 6.37. The maximum absolute atomic E-state index is 13.7. The smallest absolute Gasteiger partial charge is 0.361 e. The molecule has 0 aliphatic heterocycles. The van der Waals surface area contributed by atoms with Gasteiger partial charge in [0.15, 0.2) is 11.2 Å². The number of carbonyl (C=O) groups excluding carboxylic acids is 1. The van der Waals surface area contributed by atoms with Gasteiger partial charge in [-0.15, -0.1) is 0 Å². The lowest BCUT2D eigenvalue weighted by atomic mass is 9.86. The molecule has 0 aliphatic carbocycles. The van der Waals surface area contributed by atoms with Gasteiger partial charge in [0.1, 0.15) is 0 Å². The summed E-state index contributed by atoms with van der Waals surface area (Å²) in [5, 5.41) is 0.221. The van der Waals surface area contributed by atoms with Gasteiger partial charge in [-0.25, -0.2) is 0 Å². The van der Waals surface area contributed by atoms with Crippen LogP contribution < -0.4 is 5.43 Å². The Hall–Kier alpha value is -3.95. The van der Waals surface area contributed by atoms with Gasteiger partial charge < -0.3 is 4.98 Å². The molecule has 180 valence electrons. The largest absolute Gasteiger partial charge is 0.418 e. The average molecular weight is 490 g/mol. The highest BCUT2D eigenvalue weighted by molar-refractivity contribution is 6.00. The maximum atomic E-state index is 13.7. The quantitative estimate of drug-likeness (QED) is 0.261. The van der Waals surface area contributed by atoms with Crippen molar-refractivity contribution >= 4 is 16.7 Å². The van der Waals surface area contributed by atoms with E-state index in [4.69, 9.17) is 0 Å². The topological polar surface area (TPSA) is 62.8 Å². The molecule has 0 radical (unpaired) electrons. The number of aromatic amines is 1. The van der Waals surface area contributed by atoms with E-state index in [-0.39, 0.29) is 21.9 Å².